The van der Waals surface area contributed by atoms with Gasteiger partial charge in [0.25, 0.3) is 0 Å². The molecule has 1 heterocycles. The quantitative estimate of drug-likeness (QED) is 0.607. The van der Waals surface area contributed by atoms with Gasteiger partial charge >= 0.3 is 12.1 Å². The van der Waals surface area contributed by atoms with Gasteiger partial charge in [0.05, 0.1) is 25.4 Å². The number of carbonyl (C=O) groups excluding carboxylic acids is 2. The molecule has 0 spiro atoms. The van der Waals surface area contributed by atoms with Crippen molar-refractivity contribution in [3.05, 3.63) is 23.8 Å². The minimum atomic E-state index is -0.675. The number of nitriles is 1. The van der Waals surface area contributed by atoms with Gasteiger partial charge in [0.2, 0.25) is 0 Å². The number of amides is 1. The second-order valence-electron chi connectivity index (χ2n) is 9.68. The summed E-state index contributed by atoms with van der Waals surface area (Å²) in [5.41, 5.74) is -0.185. The third kappa shape index (κ3) is 6.10. The maximum Gasteiger partial charge on any atom is 0.411 e. The molecule has 1 aliphatic carbocycles. The fourth-order valence-corrected chi connectivity index (χ4v) is 4.70. The van der Waals surface area contributed by atoms with Crippen LogP contribution in [0.25, 0.3) is 0 Å². The largest absolute Gasteiger partial charge is 0.497 e. The number of hydrogen-bond donors (Lipinski definition) is 0. The van der Waals surface area contributed by atoms with E-state index in [9.17, 15) is 14.9 Å². The zero-order chi connectivity index (χ0) is 24.2. The number of ether oxygens (including phenoxy) is 4. The Morgan fingerprint density at radius 3 is 2.58 bits per heavy atom. The highest BCUT2D eigenvalue weighted by molar-refractivity contribution is 5.82. The van der Waals surface area contributed by atoms with E-state index in [4.69, 9.17) is 18.9 Å². The van der Waals surface area contributed by atoms with Crippen LogP contribution in [0.5, 0.6) is 11.5 Å². The maximum absolute atomic E-state index is 12.9. The molecule has 33 heavy (non-hydrogen) atoms. The van der Waals surface area contributed by atoms with Crippen LogP contribution < -0.4 is 9.47 Å². The predicted octanol–water partition coefficient (Wildman–Crippen LogP) is 4.30. The SMILES string of the molecule is CCOC(=O)[C@@H]1C[C@@H]2C[C@@H](Oc3cc(OC)ccc3C#N)CC[C@H]2CN1C(=O)OC(C)(C)C. The van der Waals surface area contributed by atoms with Gasteiger partial charge in [-0.25, -0.2) is 9.59 Å². The fraction of sp³-hybridized carbons (Fsp3) is 0.640. The summed E-state index contributed by atoms with van der Waals surface area (Å²) in [6.07, 6.45) is 2.34. The third-order valence-corrected chi connectivity index (χ3v) is 6.21. The molecule has 8 nitrogen and oxygen atoms in total. The molecule has 0 unspecified atom stereocenters. The van der Waals surface area contributed by atoms with Gasteiger partial charge in [-0.3, -0.25) is 4.90 Å². The van der Waals surface area contributed by atoms with Gasteiger partial charge in [-0.05, 0) is 77.3 Å². The van der Waals surface area contributed by atoms with Crippen LogP contribution >= 0.6 is 0 Å². The average molecular weight is 459 g/mol. The van der Waals surface area contributed by atoms with Crippen molar-refractivity contribution in [3.63, 3.8) is 0 Å². The van der Waals surface area contributed by atoms with Crippen molar-refractivity contribution in [1.29, 1.82) is 5.26 Å². The summed E-state index contributed by atoms with van der Waals surface area (Å²) in [5.74, 6) is 1.19. The Labute approximate surface area is 195 Å². The van der Waals surface area contributed by atoms with E-state index in [1.165, 1.54) is 0 Å². The zero-order valence-electron chi connectivity index (χ0n) is 20.1. The first kappa shape index (κ1) is 24.7. The van der Waals surface area contributed by atoms with Gasteiger partial charge < -0.3 is 18.9 Å². The number of benzene rings is 1. The Hall–Kier alpha value is -2.95. The van der Waals surface area contributed by atoms with Crippen LogP contribution in [0.2, 0.25) is 0 Å². The smallest absolute Gasteiger partial charge is 0.411 e. The molecule has 1 amide bonds. The monoisotopic (exact) mass is 458 g/mol. The molecule has 4 atom stereocenters. The molecule has 1 aromatic rings. The lowest BCUT2D eigenvalue weighted by Crippen LogP contribution is -2.56. The molecule has 1 aromatic carbocycles. The first-order valence-corrected chi connectivity index (χ1v) is 11.6. The molecule has 0 bridgehead atoms. The molecule has 180 valence electrons. The number of methoxy groups -OCH3 is 1. The van der Waals surface area contributed by atoms with Crippen LogP contribution in [0.4, 0.5) is 4.79 Å². The Morgan fingerprint density at radius 2 is 1.94 bits per heavy atom. The van der Waals surface area contributed by atoms with E-state index in [0.29, 0.717) is 30.0 Å². The summed E-state index contributed by atoms with van der Waals surface area (Å²) in [5, 5.41) is 9.44. The van der Waals surface area contributed by atoms with Crippen molar-refractivity contribution in [2.24, 2.45) is 11.8 Å². The van der Waals surface area contributed by atoms with Crippen LogP contribution in [0.15, 0.2) is 18.2 Å². The van der Waals surface area contributed by atoms with Crippen LogP contribution in [0, 0.1) is 23.2 Å². The van der Waals surface area contributed by atoms with E-state index in [1.54, 1.807) is 37.1 Å². The second kappa shape index (κ2) is 10.3. The van der Waals surface area contributed by atoms with Gasteiger partial charge in [-0.1, -0.05) is 0 Å². The molecular weight excluding hydrogens is 424 g/mol. The van der Waals surface area contributed by atoms with Crippen LogP contribution in [0.1, 0.15) is 58.9 Å². The number of fused-ring (bicyclic) bond motifs is 1. The molecule has 8 heteroatoms. The molecule has 2 aliphatic rings. The number of likely N-dealkylation sites (tertiary alicyclic amines) is 1. The van der Waals surface area contributed by atoms with Gasteiger partial charge in [0.1, 0.15) is 29.2 Å². The third-order valence-electron chi connectivity index (χ3n) is 6.21. The van der Waals surface area contributed by atoms with Crippen molar-refractivity contribution in [3.8, 4) is 17.6 Å². The average Bonchev–Trinajstić information content (AvgIpc) is 2.77. The first-order valence-electron chi connectivity index (χ1n) is 11.6. The van der Waals surface area contributed by atoms with Gasteiger partial charge in [-0.2, -0.15) is 5.26 Å². The molecule has 1 saturated heterocycles. The Balaban J connectivity index is 1.74. The summed E-state index contributed by atoms with van der Waals surface area (Å²) in [6, 6.07) is 6.65. The molecule has 2 fully saturated rings. The number of rotatable bonds is 5. The molecule has 0 radical (unpaired) electrons. The van der Waals surface area contributed by atoms with Crippen molar-refractivity contribution >= 4 is 12.1 Å². The standard InChI is InChI=1S/C25H34N2O6/c1-6-31-23(28)21-12-18-11-20(32-22-13-19(30-5)9-7-16(22)14-26)10-8-17(18)15-27(21)24(29)33-25(2,3)4/h7,9,13,17-18,20-21H,6,8,10-12,15H2,1-5H3/t17-,18-,20-,21-/m0/s1. The zero-order valence-corrected chi connectivity index (χ0v) is 20.1. The molecular formula is C25H34N2O6. The number of hydrogen-bond acceptors (Lipinski definition) is 7. The Morgan fingerprint density at radius 1 is 1.18 bits per heavy atom. The van der Waals surface area contributed by atoms with Crippen molar-refractivity contribution in [2.75, 3.05) is 20.3 Å². The fourth-order valence-electron chi connectivity index (χ4n) is 4.70. The van der Waals surface area contributed by atoms with Crippen LogP contribution in [-0.4, -0.2) is 55.0 Å². The number of piperidine rings is 1. The van der Waals surface area contributed by atoms with Crippen molar-refractivity contribution in [2.45, 2.75) is 71.1 Å². The topological polar surface area (TPSA) is 98.1 Å². The minimum absolute atomic E-state index is 0.0821. The number of carbonyl (C=O) groups is 2. The van der Waals surface area contributed by atoms with E-state index in [2.05, 4.69) is 6.07 Å². The lowest BCUT2D eigenvalue weighted by atomic mass is 9.72. The molecule has 0 aromatic heterocycles. The number of esters is 1. The maximum atomic E-state index is 12.9. The Kier molecular flexibility index (Phi) is 7.72. The summed E-state index contributed by atoms with van der Waals surface area (Å²) < 4.78 is 22.4. The molecule has 0 N–H and O–H groups in total. The number of nitrogens with zero attached hydrogens (tertiary/aromatic N) is 2. The van der Waals surface area contributed by atoms with Gasteiger partial charge in [0, 0.05) is 12.6 Å². The molecule has 3 rings (SSSR count). The highest BCUT2D eigenvalue weighted by Gasteiger charge is 2.45. The summed E-state index contributed by atoms with van der Waals surface area (Å²) in [6.45, 7) is 7.91. The van der Waals surface area contributed by atoms with Gasteiger partial charge in [-0.15, -0.1) is 0 Å². The lowest BCUT2D eigenvalue weighted by molar-refractivity contribution is -0.153. The Bertz CT molecular complexity index is 903. The molecule has 1 aliphatic heterocycles. The first-order chi connectivity index (χ1) is 15.6. The van der Waals surface area contributed by atoms with E-state index in [-0.39, 0.29) is 24.5 Å². The van der Waals surface area contributed by atoms with Crippen LogP contribution in [-0.2, 0) is 14.3 Å². The second-order valence-corrected chi connectivity index (χ2v) is 9.68. The summed E-state index contributed by atoms with van der Waals surface area (Å²) in [7, 11) is 1.57. The van der Waals surface area contributed by atoms with E-state index in [1.807, 2.05) is 20.8 Å². The van der Waals surface area contributed by atoms with Gasteiger partial charge in [0.15, 0.2) is 0 Å². The van der Waals surface area contributed by atoms with E-state index < -0.39 is 23.7 Å². The van der Waals surface area contributed by atoms with E-state index >= 15 is 0 Å². The summed E-state index contributed by atoms with van der Waals surface area (Å²) in [4.78, 5) is 27.1. The van der Waals surface area contributed by atoms with Crippen molar-refractivity contribution < 1.29 is 28.5 Å². The van der Waals surface area contributed by atoms with Crippen LogP contribution in [0.3, 0.4) is 0 Å². The minimum Gasteiger partial charge on any atom is -0.497 e. The highest BCUT2D eigenvalue weighted by Crippen LogP contribution is 2.41. The van der Waals surface area contributed by atoms with Crippen molar-refractivity contribution in [1.82, 2.24) is 4.90 Å². The normalized spacial score (nSPS) is 24.8. The predicted molar refractivity (Wildman–Crippen MR) is 121 cm³/mol. The molecule has 1 saturated carbocycles. The summed E-state index contributed by atoms with van der Waals surface area (Å²) >= 11 is 0. The lowest BCUT2D eigenvalue weighted by Gasteiger charge is -2.46. The van der Waals surface area contributed by atoms with E-state index in [0.717, 1.165) is 19.3 Å². The highest BCUT2D eigenvalue weighted by atomic mass is 16.6.